The highest BCUT2D eigenvalue weighted by molar-refractivity contribution is 5.76. The number of nitrogens with zero attached hydrogens (tertiary/aromatic N) is 2. The van der Waals surface area contributed by atoms with E-state index in [1.54, 1.807) is 0 Å². The van der Waals surface area contributed by atoms with Crippen molar-refractivity contribution in [2.24, 2.45) is 5.73 Å². The third-order valence-corrected chi connectivity index (χ3v) is 4.17. The Labute approximate surface area is 110 Å². The molecule has 2 saturated heterocycles. The zero-order valence-electron chi connectivity index (χ0n) is 11.4. The molecule has 2 rings (SSSR count). The summed E-state index contributed by atoms with van der Waals surface area (Å²) in [4.78, 5) is 16.4. The van der Waals surface area contributed by atoms with E-state index in [-0.39, 0.29) is 6.04 Å². The number of nitrogens with two attached hydrogens (primary N) is 1. The Morgan fingerprint density at radius 1 is 1.06 bits per heavy atom. The minimum Gasteiger partial charge on any atom is -0.341 e. The van der Waals surface area contributed by atoms with Crippen LogP contribution in [-0.2, 0) is 4.79 Å². The van der Waals surface area contributed by atoms with Gasteiger partial charge in [-0.1, -0.05) is 19.3 Å². The summed E-state index contributed by atoms with van der Waals surface area (Å²) >= 11 is 0. The quantitative estimate of drug-likeness (QED) is 0.822. The van der Waals surface area contributed by atoms with Crippen molar-refractivity contribution in [3.63, 3.8) is 0 Å². The normalized spacial score (nSPS) is 26.9. The first-order valence-electron chi connectivity index (χ1n) is 7.51. The van der Waals surface area contributed by atoms with Crippen LogP contribution in [0.25, 0.3) is 0 Å². The molecule has 18 heavy (non-hydrogen) atoms. The number of likely N-dealkylation sites (tertiary alicyclic amines) is 2. The molecule has 1 amide bonds. The highest BCUT2D eigenvalue weighted by atomic mass is 16.2. The van der Waals surface area contributed by atoms with Crippen molar-refractivity contribution in [1.82, 2.24) is 9.80 Å². The Kier molecular flexibility index (Phi) is 5.45. The Morgan fingerprint density at radius 3 is 2.33 bits per heavy atom. The molecule has 2 N–H and O–H groups in total. The number of carbonyl (C=O) groups is 1. The average Bonchev–Trinajstić information content (AvgIpc) is 2.74. The first-order chi connectivity index (χ1) is 8.75. The van der Waals surface area contributed by atoms with E-state index in [1.165, 1.54) is 45.2 Å². The Morgan fingerprint density at radius 2 is 1.72 bits per heavy atom. The van der Waals surface area contributed by atoms with Gasteiger partial charge >= 0.3 is 0 Å². The van der Waals surface area contributed by atoms with Crippen LogP contribution >= 0.6 is 0 Å². The van der Waals surface area contributed by atoms with E-state index in [0.29, 0.717) is 12.3 Å². The molecule has 0 aliphatic carbocycles. The molecular formula is C14H27N3O. The molecule has 2 heterocycles. The van der Waals surface area contributed by atoms with E-state index in [2.05, 4.69) is 4.90 Å². The van der Waals surface area contributed by atoms with Crippen molar-refractivity contribution in [2.45, 2.75) is 51.0 Å². The molecule has 0 unspecified atom stereocenters. The first-order valence-corrected chi connectivity index (χ1v) is 7.51. The second kappa shape index (κ2) is 7.10. The smallest absolute Gasteiger partial charge is 0.223 e. The zero-order valence-corrected chi connectivity index (χ0v) is 11.4. The molecule has 0 aromatic carbocycles. The predicted molar refractivity (Wildman–Crippen MR) is 73.3 cm³/mol. The largest absolute Gasteiger partial charge is 0.341 e. The van der Waals surface area contributed by atoms with Crippen LogP contribution in [-0.4, -0.2) is 54.5 Å². The van der Waals surface area contributed by atoms with Gasteiger partial charge in [0.05, 0.1) is 0 Å². The summed E-state index contributed by atoms with van der Waals surface area (Å²) < 4.78 is 0. The van der Waals surface area contributed by atoms with Crippen molar-refractivity contribution in [3.05, 3.63) is 0 Å². The SMILES string of the molecule is N[C@H]1CCN(C(=O)CCN2CCCCCCC2)C1. The maximum Gasteiger partial charge on any atom is 0.223 e. The lowest BCUT2D eigenvalue weighted by Gasteiger charge is -2.25. The van der Waals surface area contributed by atoms with Gasteiger partial charge < -0.3 is 15.5 Å². The van der Waals surface area contributed by atoms with E-state index >= 15 is 0 Å². The minimum atomic E-state index is 0.204. The molecule has 2 aliphatic rings. The number of hydrogen-bond donors (Lipinski definition) is 1. The molecule has 0 spiro atoms. The Balaban J connectivity index is 1.67. The maximum absolute atomic E-state index is 12.0. The van der Waals surface area contributed by atoms with Crippen LogP contribution in [0.4, 0.5) is 0 Å². The van der Waals surface area contributed by atoms with Crippen molar-refractivity contribution in [3.8, 4) is 0 Å². The van der Waals surface area contributed by atoms with Gasteiger partial charge in [0.1, 0.15) is 0 Å². The summed E-state index contributed by atoms with van der Waals surface area (Å²) in [6.07, 6.45) is 8.32. The summed E-state index contributed by atoms with van der Waals surface area (Å²) in [6.45, 7) is 4.91. The van der Waals surface area contributed by atoms with Gasteiger partial charge in [0.15, 0.2) is 0 Å². The summed E-state index contributed by atoms with van der Waals surface area (Å²) in [5.74, 6) is 0.296. The lowest BCUT2D eigenvalue weighted by Crippen LogP contribution is -2.35. The van der Waals surface area contributed by atoms with Crippen LogP contribution in [0.5, 0.6) is 0 Å². The third kappa shape index (κ3) is 4.25. The molecule has 0 saturated carbocycles. The summed E-state index contributed by atoms with van der Waals surface area (Å²) in [7, 11) is 0. The molecule has 2 aliphatic heterocycles. The molecule has 4 heteroatoms. The van der Waals surface area contributed by atoms with Crippen LogP contribution in [0.2, 0.25) is 0 Å². The lowest BCUT2D eigenvalue weighted by atomic mass is 10.1. The molecule has 0 bridgehead atoms. The molecule has 104 valence electrons. The standard InChI is InChI=1S/C14H27N3O/c15-13-6-11-17(12-13)14(18)7-10-16-8-4-2-1-3-5-9-16/h13H,1-12,15H2/t13-/m0/s1. The second-order valence-electron chi connectivity index (χ2n) is 5.75. The third-order valence-electron chi connectivity index (χ3n) is 4.17. The Bertz CT molecular complexity index is 262. The van der Waals surface area contributed by atoms with Crippen molar-refractivity contribution >= 4 is 5.91 Å². The number of hydrogen-bond acceptors (Lipinski definition) is 3. The van der Waals surface area contributed by atoms with Crippen LogP contribution in [0.1, 0.15) is 44.9 Å². The molecule has 0 aromatic rings. The van der Waals surface area contributed by atoms with Gasteiger partial charge in [-0.05, 0) is 32.4 Å². The summed E-state index contributed by atoms with van der Waals surface area (Å²) in [6, 6.07) is 0.204. The van der Waals surface area contributed by atoms with Crippen LogP contribution in [0.3, 0.4) is 0 Å². The molecule has 0 aromatic heterocycles. The van der Waals surface area contributed by atoms with E-state index < -0.39 is 0 Å². The van der Waals surface area contributed by atoms with Gasteiger partial charge in [-0.25, -0.2) is 0 Å². The highest BCUT2D eigenvalue weighted by Gasteiger charge is 2.23. The molecule has 0 radical (unpaired) electrons. The Hall–Kier alpha value is -0.610. The molecule has 4 nitrogen and oxygen atoms in total. The van der Waals surface area contributed by atoms with Gasteiger partial charge in [-0.3, -0.25) is 4.79 Å². The number of rotatable bonds is 3. The molecular weight excluding hydrogens is 226 g/mol. The van der Waals surface area contributed by atoms with Gasteiger partial charge in [-0.15, -0.1) is 0 Å². The second-order valence-corrected chi connectivity index (χ2v) is 5.75. The summed E-state index contributed by atoms with van der Waals surface area (Å²) in [5, 5.41) is 0. The molecule has 2 fully saturated rings. The van der Waals surface area contributed by atoms with Crippen molar-refractivity contribution < 1.29 is 4.79 Å². The van der Waals surface area contributed by atoms with Crippen LogP contribution < -0.4 is 5.73 Å². The number of amides is 1. The van der Waals surface area contributed by atoms with E-state index in [4.69, 9.17) is 5.73 Å². The fourth-order valence-corrected chi connectivity index (χ4v) is 2.96. The molecule has 1 atom stereocenters. The van der Waals surface area contributed by atoms with E-state index in [0.717, 1.165) is 26.1 Å². The first kappa shape index (κ1) is 13.8. The fourth-order valence-electron chi connectivity index (χ4n) is 2.96. The van der Waals surface area contributed by atoms with E-state index in [9.17, 15) is 4.79 Å². The predicted octanol–water partition coefficient (Wildman–Crippen LogP) is 1.20. The lowest BCUT2D eigenvalue weighted by molar-refractivity contribution is -0.130. The van der Waals surface area contributed by atoms with Crippen molar-refractivity contribution in [1.29, 1.82) is 0 Å². The zero-order chi connectivity index (χ0) is 12.8. The number of carbonyl (C=O) groups excluding carboxylic acids is 1. The van der Waals surface area contributed by atoms with Gasteiger partial charge in [0.25, 0.3) is 0 Å². The van der Waals surface area contributed by atoms with Crippen LogP contribution in [0, 0.1) is 0 Å². The highest BCUT2D eigenvalue weighted by Crippen LogP contribution is 2.12. The van der Waals surface area contributed by atoms with Gasteiger partial charge in [-0.2, -0.15) is 0 Å². The minimum absolute atomic E-state index is 0.204. The van der Waals surface area contributed by atoms with Crippen molar-refractivity contribution in [2.75, 3.05) is 32.7 Å². The summed E-state index contributed by atoms with van der Waals surface area (Å²) in [5.41, 5.74) is 5.84. The van der Waals surface area contributed by atoms with E-state index in [1.807, 2.05) is 4.90 Å². The fraction of sp³-hybridized carbons (Fsp3) is 0.929. The van der Waals surface area contributed by atoms with Gasteiger partial charge in [0.2, 0.25) is 5.91 Å². The maximum atomic E-state index is 12.0. The van der Waals surface area contributed by atoms with Crippen LogP contribution in [0.15, 0.2) is 0 Å². The topological polar surface area (TPSA) is 49.6 Å². The average molecular weight is 253 g/mol. The van der Waals surface area contributed by atoms with Gasteiger partial charge in [0, 0.05) is 32.1 Å². The monoisotopic (exact) mass is 253 g/mol.